The summed E-state index contributed by atoms with van der Waals surface area (Å²) in [6.45, 7) is 3.62. The van der Waals surface area contributed by atoms with Crippen molar-refractivity contribution in [2.24, 2.45) is 0 Å². The molecule has 2 N–H and O–H groups in total. The fourth-order valence-electron chi connectivity index (χ4n) is 3.75. The summed E-state index contributed by atoms with van der Waals surface area (Å²) >= 11 is 0. The lowest BCUT2D eigenvalue weighted by atomic mass is 10.1. The van der Waals surface area contributed by atoms with Gasteiger partial charge in [0.1, 0.15) is 11.5 Å². The molecule has 3 rings (SSSR count). The van der Waals surface area contributed by atoms with Gasteiger partial charge in [-0.1, -0.05) is 0 Å². The molecule has 0 atom stereocenters. The van der Waals surface area contributed by atoms with Gasteiger partial charge in [-0.05, 0) is 18.6 Å². The van der Waals surface area contributed by atoms with Gasteiger partial charge in [-0.25, -0.2) is 0 Å². The third-order valence-corrected chi connectivity index (χ3v) is 5.30. The Morgan fingerprint density at radius 3 is 1.50 bits per heavy atom. The molecule has 1 heterocycles. The van der Waals surface area contributed by atoms with E-state index >= 15 is 0 Å². The molecule has 0 unspecified atom stereocenters. The van der Waals surface area contributed by atoms with Gasteiger partial charge in [-0.15, -0.1) is 0 Å². The third-order valence-electron chi connectivity index (χ3n) is 5.30. The predicted octanol–water partition coefficient (Wildman–Crippen LogP) is 2.80. The molecule has 0 spiro atoms. The summed E-state index contributed by atoms with van der Waals surface area (Å²) in [6.07, 6.45) is 0.976. The molecule has 1 saturated heterocycles. The number of phenolic OH excluding ortho intramolecular Hbond substituents is 2. The zero-order valence-electron chi connectivity index (χ0n) is 18.0. The molecule has 0 radical (unpaired) electrons. The first kappa shape index (κ1) is 21.9. The van der Waals surface area contributed by atoms with Gasteiger partial charge in [0.15, 0.2) is 23.0 Å². The number of hydrogen-bond acceptors (Lipinski definition) is 8. The van der Waals surface area contributed by atoms with E-state index in [1.807, 2.05) is 12.1 Å². The molecule has 0 amide bonds. The average Bonchev–Trinajstić information content (AvgIpc) is 2.76. The molecule has 0 aromatic heterocycles. The van der Waals surface area contributed by atoms with Crippen LogP contribution in [-0.2, 0) is 13.1 Å². The van der Waals surface area contributed by atoms with Crippen molar-refractivity contribution < 1.29 is 29.2 Å². The summed E-state index contributed by atoms with van der Waals surface area (Å²) in [6, 6.07) is 6.99. The van der Waals surface area contributed by atoms with Crippen molar-refractivity contribution in [3.8, 4) is 34.5 Å². The maximum Gasteiger partial charge on any atom is 0.164 e. The van der Waals surface area contributed by atoms with Crippen LogP contribution in [0.15, 0.2) is 24.3 Å². The first-order chi connectivity index (χ1) is 14.5. The van der Waals surface area contributed by atoms with Crippen LogP contribution in [0.25, 0.3) is 0 Å². The number of phenols is 2. The third kappa shape index (κ3) is 4.83. The van der Waals surface area contributed by atoms with Crippen LogP contribution in [0, 0.1) is 0 Å². The van der Waals surface area contributed by atoms with E-state index in [-0.39, 0.29) is 11.5 Å². The molecule has 2 aromatic carbocycles. The highest BCUT2D eigenvalue weighted by Crippen LogP contribution is 2.37. The minimum atomic E-state index is 0.130. The molecule has 2 aromatic rings. The van der Waals surface area contributed by atoms with Gasteiger partial charge in [0.05, 0.1) is 35.1 Å². The molecule has 8 heteroatoms. The first-order valence-electron chi connectivity index (χ1n) is 9.81. The lowest BCUT2D eigenvalue weighted by molar-refractivity contribution is 0.0732. The Kier molecular flexibility index (Phi) is 7.12. The van der Waals surface area contributed by atoms with Crippen molar-refractivity contribution in [1.29, 1.82) is 0 Å². The molecule has 0 bridgehead atoms. The minimum absolute atomic E-state index is 0.130. The largest absolute Gasteiger partial charge is 0.504 e. The van der Waals surface area contributed by atoms with E-state index in [1.54, 1.807) is 26.4 Å². The number of nitrogens with zero attached hydrogens (tertiary/aromatic N) is 2. The molecule has 1 aliphatic heterocycles. The van der Waals surface area contributed by atoms with Gasteiger partial charge >= 0.3 is 0 Å². The van der Waals surface area contributed by atoms with E-state index in [2.05, 4.69) is 9.80 Å². The number of benzene rings is 2. The Balaban J connectivity index is 1.74. The van der Waals surface area contributed by atoms with Crippen molar-refractivity contribution in [3.05, 3.63) is 35.4 Å². The van der Waals surface area contributed by atoms with E-state index in [0.717, 1.165) is 30.6 Å². The SMILES string of the molecule is COc1cc(CN2CCCN(Cc3cc(OC)cc(OC)c3O)C2)c(O)c(OC)c1. The fourth-order valence-corrected chi connectivity index (χ4v) is 3.75. The van der Waals surface area contributed by atoms with E-state index in [0.29, 0.717) is 42.8 Å². The van der Waals surface area contributed by atoms with E-state index < -0.39 is 0 Å². The number of aromatic hydroxyl groups is 2. The number of hydrogen-bond donors (Lipinski definition) is 2. The van der Waals surface area contributed by atoms with Crippen LogP contribution in [0.5, 0.6) is 34.5 Å². The monoisotopic (exact) mass is 418 g/mol. The maximum atomic E-state index is 10.5. The first-order valence-corrected chi connectivity index (χ1v) is 9.81. The van der Waals surface area contributed by atoms with Gasteiger partial charge < -0.3 is 29.2 Å². The Morgan fingerprint density at radius 1 is 0.700 bits per heavy atom. The van der Waals surface area contributed by atoms with Crippen molar-refractivity contribution >= 4 is 0 Å². The second-order valence-electron chi connectivity index (χ2n) is 7.27. The number of rotatable bonds is 8. The molecular weight excluding hydrogens is 388 g/mol. The molecule has 30 heavy (non-hydrogen) atoms. The summed E-state index contributed by atoms with van der Waals surface area (Å²) < 4.78 is 21.2. The van der Waals surface area contributed by atoms with Crippen LogP contribution >= 0.6 is 0 Å². The van der Waals surface area contributed by atoms with Gasteiger partial charge in [-0.3, -0.25) is 9.80 Å². The van der Waals surface area contributed by atoms with Gasteiger partial charge in [-0.2, -0.15) is 0 Å². The molecule has 1 aliphatic rings. The maximum absolute atomic E-state index is 10.5. The van der Waals surface area contributed by atoms with Crippen molar-refractivity contribution in [2.45, 2.75) is 19.5 Å². The molecule has 0 saturated carbocycles. The molecule has 1 fully saturated rings. The standard InChI is InChI=1S/C22H30N2O6/c1-27-17-8-15(21(25)19(10-17)29-3)12-23-6-5-7-24(14-23)13-16-9-18(28-2)11-20(30-4)22(16)26/h8-11,25-26H,5-7,12-14H2,1-4H3. The van der Waals surface area contributed by atoms with Gasteiger partial charge in [0.2, 0.25) is 0 Å². The van der Waals surface area contributed by atoms with Crippen LogP contribution < -0.4 is 18.9 Å². The van der Waals surface area contributed by atoms with Gasteiger partial charge in [0, 0.05) is 49.4 Å². The van der Waals surface area contributed by atoms with E-state index in [4.69, 9.17) is 18.9 Å². The second-order valence-corrected chi connectivity index (χ2v) is 7.27. The lowest BCUT2D eigenvalue weighted by Crippen LogP contribution is -2.43. The smallest absolute Gasteiger partial charge is 0.164 e. The van der Waals surface area contributed by atoms with Crippen molar-refractivity contribution in [2.75, 3.05) is 48.2 Å². The quantitative estimate of drug-likeness (QED) is 0.677. The Hall–Kier alpha value is -2.84. The Labute approximate surface area is 177 Å². The zero-order valence-corrected chi connectivity index (χ0v) is 18.0. The van der Waals surface area contributed by atoms with Crippen LogP contribution in [0.2, 0.25) is 0 Å². The van der Waals surface area contributed by atoms with Crippen molar-refractivity contribution in [3.63, 3.8) is 0 Å². The Morgan fingerprint density at radius 2 is 1.13 bits per heavy atom. The Bertz CT molecular complexity index is 804. The number of methoxy groups -OCH3 is 4. The summed E-state index contributed by atoms with van der Waals surface area (Å²) in [5.41, 5.74) is 1.50. The van der Waals surface area contributed by atoms with E-state index in [9.17, 15) is 10.2 Å². The summed E-state index contributed by atoms with van der Waals surface area (Å²) in [7, 11) is 6.23. The van der Waals surface area contributed by atoms with Crippen LogP contribution in [0.4, 0.5) is 0 Å². The summed E-state index contributed by atoms with van der Waals surface area (Å²) in [5, 5.41) is 21.0. The molecule has 0 aliphatic carbocycles. The number of ether oxygens (including phenoxy) is 4. The van der Waals surface area contributed by atoms with Gasteiger partial charge in [0.25, 0.3) is 0 Å². The molecule has 8 nitrogen and oxygen atoms in total. The van der Waals surface area contributed by atoms with Crippen LogP contribution in [-0.4, -0.2) is 68.2 Å². The topological polar surface area (TPSA) is 83.9 Å². The highest BCUT2D eigenvalue weighted by molar-refractivity contribution is 5.51. The summed E-state index contributed by atoms with van der Waals surface area (Å²) in [4.78, 5) is 4.48. The normalized spacial score (nSPS) is 15.1. The highest BCUT2D eigenvalue weighted by Gasteiger charge is 2.22. The average molecular weight is 418 g/mol. The zero-order chi connectivity index (χ0) is 21.7. The van der Waals surface area contributed by atoms with Crippen molar-refractivity contribution in [1.82, 2.24) is 9.80 Å². The molecular formula is C22H30N2O6. The van der Waals surface area contributed by atoms with E-state index in [1.165, 1.54) is 14.2 Å². The minimum Gasteiger partial charge on any atom is -0.504 e. The molecule has 164 valence electrons. The summed E-state index contributed by atoms with van der Waals surface area (Å²) in [5.74, 6) is 2.33. The predicted molar refractivity (Wildman–Crippen MR) is 113 cm³/mol. The lowest BCUT2D eigenvalue weighted by Gasteiger charge is -2.36. The van der Waals surface area contributed by atoms with Crippen LogP contribution in [0.1, 0.15) is 17.5 Å². The highest BCUT2D eigenvalue weighted by atomic mass is 16.5. The van der Waals surface area contributed by atoms with Crippen LogP contribution in [0.3, 0.4) is 0 Å². The fraction of sp³-hybridized carbons (Fsp3) is 0.455. The second kappa shape index (κ2) is 9.77.